The molecule has 0 saturated heterocycles. The number of benzene rings is 2. The lowest BCUT2D eigenvalue weighted by molar-refractivity contribution is 0.0812. The van der Waals surface area contributed by atoms with E-state index in [-0.39, 0.29) is 41.6 Å². The number of halogens is 1. The van der Waals surface area contributed by atoms with E-state index in [1.807, 2.05) is 25.9 Å². The van der Waals surface area contributed by atoms with Gasteiger partial charge in [0.1, 0.15) is 22.6 Å². The molecule has 0 fully saturated rings. The Labute approximate surface area is 189 Å². The van der Waals surface area contributed by atoms with Gasteiger partial charge in [0.05, 0.1) is 6.61 Å². The van der Waals surface area contributed by atoms with Crippen molar-refractivity contribution >= 4 is 10.0 Å². The molecule has 0 bridgehead atoms. The van der Waals surface area contributed by atoms with Crippen molar-refractivity contribution in [3.8, 4) is 17.6 Å². The monoisotopic (exact) mass is 460 g/mol. The Morgan fingerprint density at radius 2 is 1.81 bits per heavy atom. The Morgan fingerprint density at radius 3 is 2.44 bits per heavy atom. The van der Waals surface area contributed by atoms with E-state index in [2.05, 4.69) is 11.8 Å². The van der Waals surface area contributed by atoms with Gasteiger partial charge in [-0.1, -0.05) is 18.8 Å². The van der Waals surface area contributed by atoms with Crippen molar-refractivity contribution < 1.29 is 22.7 Å². The molecule has 0 aromatic heterocycles. The Kier molecular flexibility index (Phi) is 7.57. The van der Waals surface area contributed by atoms with Gasteiger partial charge in [0.2, 0.25) is 10.0 Å². The van der Waals surface area contributed by atoms with Gasteiger partial charge in [-0.25, -0.2) is 12.8 Å². The molecule has 0 saturated carbocycles. The van der Waals surface area contributed by atoms with Crippen LogP contribution in [0.3, 0.4) is 0 Å². The fourth-order valence-corrected chi connectivity index (χ4v) is 5.38. The van der Waals surface area contributed by atoms with Gasteiger partial charge in [-0.05, 0) is 63.5 Å². The Bertz CT molecular complexity index is 1110. The average molecular weight is 461 g/mol. The van der Waals surface area contributed by atoms with Crippen LogP contribution in [-0.4, -0.2) is 68.7 Å². The highest BCUT2D eigenvalue weighted by atomic mass is 32.2. The molecule has 8 heteroatoms. The van der Waals surface area contributed by atoms with Crippen molar-refractivity contribution in [2.45, 2.75) is 30.9 Å². The van der Waals surface area contributed by atoms with Gasteiger partial charge in [0, 0.05) is 36.2 Å². The highest BCUT2D eigenvalue weighted by molar-refractivity contribution is 7.89. The number of nitrogens with zero attached hydrogens (tertiary/aromatic N) is 2. The topological polar surface area (TPSA) is 70.1 Å². The summed E-state index contributed by atoms with van der Waals surface area (Å²) in [5.74, 6) is 5.75. The highest BCUT2D eigenvalue weighted by Crippen LogP contribution is 2.34. The molecule has 172 valence electrons. The van der Waals surface area contributed by atoms with Crippen molar-refractivity contribution in [2.75, 3.05) is 33.8 Å². The number of aliphatic hydroxyl groups excluding tert-OH is 1. The summed E-state index contributed by atoms with van der Waals surface area (Å²) in [6.07, 6.45) is -0.257. The number of hydrogen-bond acceptors (Lipinski definition) is 5. The molecule has 0 unspecified atom stereocenters. The van der Waals surface area contributed by atoms with Gasteiger partial charge in [-0.15, -0.1) is 0 Å². The zero-order chi connectivity index (χ0) is 23.5. The van der Waals surface area contributed by atoms with E-state index in [4.69, 9.17) is 4.74 Å². The summed E-state index contributed by atoms with van der Waals surface area (Å²) in [5.41, 5.74) is 1.23. The number of likely N-dealkylation sites (N-methyl/N-ethyl adjacent to an activating group) is 1. The van der Waals surface area contributed by atoms with Crippen LogP contribution in [-0.2, 0) is 10.0 Å². The van der Waals surface area contributed by atoms with Crippen LogP contribution in [0.2, 0.25) is 0 Å². The van der Waals surface area contributed by atoms with E-state index in [9.17, 15) is 17.9 Å². The first-order chi connectivity index (χ1) is 15.1. The van der Waals surface area contributed by atoms with Crippen molar-refractivity contribution in [3.63, 3.8) is 0 Å². The SMILES string of the molecule is C[C@H]1CN([C@@H](C)CO)S(=O)(=O)c2ccc(C#Cc3ccc(F)cc3)cc2O[C@@H]1CN(C)C. The molecule has 0 radical (unpaired) electrons. The molecule has 3 atom stereocenters. The minimum atomic E-state index is -3.88. The fourth-order valence-electron chi connectivity index (χ4n) is 3.56. The third kappa shape index (κ3) is 5.48. The van der Waals surface area contributed by atoms with Crippen LogP contribution < -0.4 is 4.74 Å². The molecule has 0 spiro atoms. The van der Waals surface area contributed by atoms with Crippen LogP contribution in [0, 0.1) is 23.6 Å². The van der Waals surface area contributed by atoms with E-state index in [1.165, 1.54) is 22.5 Å². The quantitative estimate of drug-likeness (QED) is 0.711. The zero-order valence-corrected chi connectivity index (χ0v) is 19.6. The second kappa shape index (κ2) is 10.0. The second-order valence-corrected chi connectivity index (χ2v) is 10.3. The van der Waals surface area contributed by atoms with Crippen LogP contribution in [0.25, 0.3) is 0 Å². The van der Waals surface area contributed by atoms with E-state index in [0.29, 0.717) is 17.7 Å². The fraction of sp³-hybridized carbons (Fsp3) is 0.417. The summed E-state index contributed by atoms with van der Waals surface area (Å²) >= 11 is 0. The number of hydrogen-bond donors (Lipinski definition) is 1. The predicted molar refractivity (Wildman–Crippen MR) is 121 cm³/mol. The Balaban J connectivity index is 2.07. The minimum absolute atomic E-state index is 0.0563. The minimum Gasteiger partial charge on any atom is -0.487 e. The van der Waals surface area contributed by atoms with Crippen LogP contribution in [0.4, 0.5) is 4.39 Å². The standard InChI is InChI=1S/C24H29FN2O4S/c1-17-14-27(18(2)16-28)32(29,30)24-12-9-20(6-5-19-7-10-21(25)11-8-19)13-22(24)31-23(17)15-26(3)4/h7-13,17-18,23,28H,14-16H2,1-4H3/t17-,18-,23+/m0/s1. The van der Waals surface area contributed by atoms with Crippen LogP contribution in [0.1, 0.15) is 25.0 Å². The number of fused-ring (bicyclic) bond motifs is 1. The molecule has 0 amide bonds. The summed E-state index contributed by atoms with van der Waals surface area (Å²) in [4.78, 5) is 2.05. The van der Waals surface area contributed by atoms with Gasteiger partial charge >= 0.3 is 0 Å². The predicted octanol–water partition coefficient (Wildman–Crippen LogP) is 2.56. The van der Waals surface area contributed by atoms with Gasteiger partial charge < -0.3 is 14.7 Å². The van der Waals surface area contributed by atoms with Crippen LogP contribution in [0.15, 0.2) is 47.4 Å². The zero-order valence-electron chi connectivity index (χ0n) is 18.7. The van der Waals surface area contributed by atoms with Crippen molar-refractivity contribution in [1.82, 2.24) is 9.21 Å². The summed E-state index contributed by atoms with van der Waals surface area (Å²) in [6, 6.07) is 10.0. The largest absolute Gasteiger partial charge is 0.487 e. The maximum absolute atomic E-state index is 13.4. The van der Waals surface area contributed by atoms with E-state index in [0.717, 1.165) is 0 Å². The molecule has 1 aliphatic heterocycles. The number of ether oxygens (including phenoxy) is 1. The molecule has 1 heterocycles. The van der Waals surface area contributed by atoms with E-state index in [1.54, 1.807) is 31.2 Å². The summed E-state index contributed by atoms with van der Waals surface area (Å²) < 4.78 is 47.6. The van der Waals surface area contributed by atoms with Crippen molar-refractivity contribution in [1.29, 1.82) is 0 Å². The van der Waals surface area contributed by atoms with Gasteiger partial charge in [-0.3, -0.25) is 0 Å². The molecule has 32 heavy (non-hydrogen) atoms. The number of aliphatic hydroxyl groups is 1. The first kappa shape index (κ1) is 24.2. The average Bonchev–Trinajstić information content (AvgIpc) is 2.75. The Hall–Kier alpha value is -2.44. The maximum atomic E-state index is 13.4. The molecule has 0 aliphatic carbocycles. The number of rotatable bonds is 4. The lowest BCUT2D eigenvalue weighted by Crippen LogP contribution is -2.49. The third-order valence-corrected chi connectivity index (χ3v) is 7.43. The Morgan fingerprint density at radius 1 is 1.19 bits per heavy atom. The first-order valence-corrected chi connectivity index (χ1v) is 11.9. The van der Waals surface area contributed by atoms with Crippen LogP contribution in [0.5, 0.6) is 5.75 Å². The molecule has 6 nitrogen and oxygen atoms in total. The normalized spacial score (nSPS) is 21.5. The second-order valence-electron chi connectivity index (χ2n) is 8.42. The van der Waals surface area contributed by atoms with Gasteiger partial charge in [0.15, 0.2) is 0 Å². The summed E-state index contributed by atoms with van der Waals surface area (Å²) in [5, 5.41) is 9.68. The molecule has 1 aliphatic rings. The molecule has 2 aromatic carbocycles. The van der Waals surface area contributed by atoms with E-state index >= 15 is 0 Å². The van der Waals surface area contributed by atoms with E-state index < -0.39 is 16.1 Å². The van der Waals surface area contributed by atoms with Gasteiger partial charge in [-0.2, -0.15) is 4.31 Å². The molecule has 1 N–H and O–H groups in total. The lowest BCUT2D eigenvalue weighted by atomic mass is 10.0. The molecule has 2 aromatic rings. The number of sulfonamides is 1. The van der Waals surface area contributed by atoms with Crippen molar-refractivity contribution in [3.05, 3.63) is 59.4 Å². The van der Waals surface area contributed by atoms with Gasteiger partial charge in [0.25, 0.3) is 0 Å². The maximum Gasteiger partial charge on any atom is 0.247 e. The first-order valence-electron chi connectivity index (χ1n) is 10.5. The smallest absolute Gasteiger partial charge is 0.247 e. The third-order valence-electron chi connectivity index (χ3n) is 5.41. The van der Waals surface area contributed by atoms with Crippen molar-refractivity contribution in [2.24, 2.45) is 5.92 Å². The molecule has 3 rings (SSSR count). The van der Waals surface area contributed by atoms with Crippen LogP contribution >= 0.6 is 0 Å². The molecular weight excluding hydrogens is 431 g/mol. The summed E-state index contributed by atoms with van der Waals surface area (Å²) in [7, 11) is -0.0111. The highest BCUT2D eigenvalue weighted by Gasteiger charge is 2.37. The lowest BCUT2D eigenvalue weighted by Gasteiger charge is -2.37. The molecular formula is C24H29FN2O4S. The summed E-state index contributed by atoms with van der Waals surface area (Å²) in [6.45, 7) is 4.21.